The van der Waals surface area contributed by atoms with Crippen LogP contribution >= 0.6 is 0 Å². The van der Waals surface area contributed by atoms with Crippen LogP contribution in [0.25, 0.3) is 0 Å². The highest BCUT2D eigenvalue weighted by Gasteiger charge is 2.53. The van der Waals surface area contributed by atoms with E-state index in [9.17, 15) is 26.7 Å². The first-order valence-corrected chi connectivity index (χ1v) is 6.70. The molecule has 0 aromatic rings. The largest absolute Gasteiger partial charge is 0.402 e. The highest BCUT2D eigenvalue weighted by Crippen LogP contribution is 2.27. The lowest BCUT2D eigenvalue weighted by atomic mass is 10.4. The van der Waals surface area contributed by atoms with Gasteiger partial charge >= 0.3 is 15.4 Å². The zero-order valence-corrected chi connectivity index (χ0v) is 10.5. The fourth-order valence-corrected chi connectivity index (χ4v) is 1.72. The molecule has 19 heavy (non-hydrogen) atoms. The molecule has 1 fully saturated rings. The Kier molecular flexibility index (Phi) is 5.53. The first-order valence-electron chi connectivity index (χ1n) is 5.26. The fraction of sp³-hybridized carbons (Fsp3) is 1.00. The van der Waals surface area contributed by atoms with Crippen LogP contribution in [-0.4, -0.2) is 73.7 Å². The lowest BCUT2D eigenvalue weighted by Gasteiger charge is -2.31. The van der Waals surface area contributed by atoms with Gasteiger partial charge < -0.3 is 14.6 Å². The maximum atomic E-state index is 13.0. The standard InChI is InChI=1S/C8H14F3NO6S/c9-6(8(10,11)19(14,15)16)5-18-7(13)12-1-3-17-4-2-12/h6-7,13H,1-5H2,(H,14,15,16). The van der Waals surface area contributed by atoms with Gasteiger partial charge in [0, 0.05) is 13.1 Å². The second kappa shape index (κ2) is 6.33. The van der Waals surface area contributed by atoms with Crippen molar-refractivity contribution < 1.29 is 40.7 Å². The minimum Gasteiger partial charge on any atom is -0.379 e. The molecule has 0 radical (unpaired) electrons. The number of halogens is 3. The molecule has 11 heteroatoms. The lowest BCUT2D eigenvalue weighted by Crippen LogP contribution is -2.47. The second-order valence-electron chi connectivity index (χ2n) is 3.81. The summed E-state index contributed by atoms with van der Waals surface area (Å²) in [5.74, 6) is 0. The van der Waals surface area contributed by atoms with Crippen LogP contribution in [-0.2, 0) is 19.6 Å². The molecule has 0 bridgehead atoms. The maximum Gasteiger partial charge on any atom is 0.402 e. The Balaban J connectivity index is 2.47. The Labute approximate surface area is 107 Å². The maximum absolute atomic E-state index is 13.0. The van der Waals surface area contributed by atoms with E-state index in [4.69, 9.17) is 9.29 Å². The number of nitrogens with zero attached hydrogens (tertiary/aromatic N) is 1. The minimum absolute atomic E-state index is 0.257. The van der Waals surface area contributed by atoms with Gasteiger partial charge in [-0.1, -0.05) is 0 Å². The summed E-state index contributed by atoms with van der Waals surface area (Å²) in [6.07, 6.45) is -4.95. The fourth-order valence-electron chi connectivity index (χ4n) is 1.33. The molecule has 0 aromatic heterocycles. The summed E-state index contributed by atoms with van der Waals surface area (Å²) in [4.78, 5) is 1.29. The normalized spacial score (nSPS) is 22.2. The van der Waals surface area contributed by atoms with Crippen LogP contribution in [0.15, 0.2) is 0 Å². The van der Waals surface area contributed by atoms with Crippen LogP contribution in [0.1, 0.15) is 0 Å². The highest BCUT2D eigenvalue weighted by molar-refractivity contribution is 7.86. The van der Waals surface area contributed by atoms with Crippen LogP contribution < -0.4 is 0 Å². The Morgan fingerprint density at radius 3 is 2.37 bits per heavy atom. The smallest absolute Gasteiger partial charge is 0.379 e. The van der Waals surface area contributed by atoms with E-state index < -0.39 is 34.6 Å². The first-order chi connectivity index (χ1) is 8.66. The molecule has 0 saturated carbocycles. The number of hydrogen-bond donors (Lipinski definition) is 2. The van der Waals surface area contributed by atoms with Gasteiger partial charge in [-0.25, -0.2) is 4.39 Å². The molecule has 2 atom stereocenters. The van der Waals surface area contributed by atoms with E-state index in [2.05, 4.69) is 4.74 Å². The van der Waals surface area contributed by atoms with Crippen molar-refractivity contribution >= 4 is 10.1 Å². The van der Waals surface area contributed by atoms with Gasteiger partial charge in [0.05, 0.1) is 19.8 Å². The summed E-state index contributed by atoms with van der Waals surface area (Å²) in [5.41, 5.74) is 0. The SMILES string of the molecule is O=S(=O)(O)C(F)(F)C(F)COC(O)N1CCOCC1. The van der Waals surface area contributed by atoms with E-state index in [1.165, 1.54) is 4.90 Å². The molecule has 0 amide bonds. The Morgan fingerprint density at radius 1 is 1.37 bits per heavy atom. The van der Waals surface area contributed by atoms with Crippen LogP contribution in [0.2, 0.25) is 0 Å². The predicted octanol–water partition coefficient (Wildman–Crippen LogP) is -0.570. The molecule has 1 aliphatic rings. The number of rotatable bonds is 6. The van der Waals surface area contributed by atoms with Gasteiger partial charge in [-0.05, 0) is 0 Å². The van der Waals surface area contributed by atoms with Gasteiger partial charge in [0.1, 0.15) is 0 Å². The van der Waals surface area contributed by atoms with Gasteiger partial charge in [0.2, 0.25) is 12.6 Å². The predicted molar refractivity (Wildman–Crippen MR) is 55.7 cm³/mol. The third kappa shape index (κ3) is 4.26. The summed E-state index contributed by atoms with van der Waals surface area (Å²) in [5, 5.41) is 4.43. The molecule has 1 saturated heterocycles. The molecule has 1 heterocycles. The summed E-state index contributed by atoms with van der Waals surface area (Å²) in [6.45, 7) is -0.285. The molecule has 0 aromatic carbocycles. The third-order valence-electron chi connectivity index (χ3n) is 2.46. The molecular weight excluding hydrogens is 295 g/mol. The van der Waals surface area contributed by atoms with E-state index >= 15 is 0 Å². The van der Waals surface area contributed by atoms with E-state index in [1.807, 2.05) is 0 Å². The van der Waals surface area contributed by atoms with Crippen molar-refractivity contribution in [1.29, 1.82) is 0 Å². The number of aliphatic hydroxyl groups excluding tert-OH is 1. The van der Waals surface area contributed by atoms with Crippen LogP contribution in [0.3, 0.4) is 0 Å². The Bertz CT molecular complexity index is 386. The monoisotopic (exact) mass is 309 g/mol. The first kappa shape index (κ1) is 16.6. The molecule has 1 rings (SSSR count). The molecule has 2 unspecified atom stereocenters. The van der Waals surface area contributed by atoms with E-state index in [-0.39, 0.29) is 13.1 Å². The molecule has 0 aliphatic carbocycles. The van der Waals surface area contributed by atoms with Gasteiger partial charge in [-0.3, -0.25) is 9.45 Å². The second-order valence-corrected chi connectivity index (χ2v) is 5.31. The van der Waals surface area contributed by atoms with Gasteiger partial charge in [-0.2, -0.15) is 17.2 Å². The van der Waals surface area contributed by atoms with Crippen molar-refractivity contribution in [3.8, 4) is 0 Å². The van der Waals surface area contributed by atoms with Crippen molar-refractivity contribution in [1.82, 2.24) is 4.90 Å². The van der Waals surface area contributed by atoms with Gasteiger partial charge in [-0.15, -0.1) is 0 Å². The topological polar surface area (TPSA) is 96.3 Å². The average molecular weight is 309 g/mol. The molecule has 2 N–H and O–H groups in total. The quantitative estimate of drug-likeness (QED) is 0.501. The van der Waals surface area contributed by atoms with Gasteiger partial charge in [0.25, 0.3) is 0 Å². The lowest BCUT2D eigenvalue weighted by molar-refractivity contribution is -0.221. The summed E-state index contributed by atoms with van der Waals surface area (Å²) in [7, 11) is -5.88. The molecule has 0 spiro atoms. The van der Waals surface area contributed by atoms with Crippen LogP contribution in [0, 0.1) is 0 Å². The van der Waals surface area contributed by atoms with Crippen molar-refractivity contribution in [3.05, 3.63) is 0 Å². The van der Waals surface area contributed by atoms with E-state index in [1.54, 1.807) is 0 Å². The highest BCUT2D eigenvalue weighted by atomic mass is 32.2. The molecule has 1 aliphatic heterocycles. The van der Waals surface area contributed by atoms with E-state index in [0.29, 0.717) is 13.2 Å². The summed E-state index contributed by atoms with van der Waals surface area (Å²) in [6, 6.07) is 0. The van der Waals surface area contributed by atoms with Crippen molar-refractivity contribution in [2.24, 2.45) is 0 Å². The molecule has 114 valence electrons. The number of hydrogen-bond acceptors (Lipinski definition) is 6. The minimum atomic E-state index is -5.88. The number of ether oxygens (including phenoxy) is 2. The Hall–Kier alpha value is -0.460. The summed E-state index contributed by atoms with van der Waals surface area (Å²) >= 11 is 0. The molecule has 7 nitrogen and oxygen atoms in total. The van der Waals surface area contributed by atoms with Crippen molar-refractivity contribution in [3.63, 3.8) is 0 Å². The van der Waals surface area contributed by atoms with Crippen LogP contribution in [0.4, 0.5) is 13.2 Å². The Morgan fingerprint density at radius 2 is 1.89 bits per heavy atom. The van der Waals surface area contributed by atoms with E-state index in [0.717, 1.165) is 0 Å². The number of morpholine rings is 1. The zero-order chi connectivity index (χ0) is 14.7. The van der Waals surface area contributed by atoms with Gasteiger partial charge in [0.15, 0.2) is 0 Å². The number of alkyl halides is 3. The molecular formula is C8H14F3NO6S. The van der Waals surface area contributed by atoms with Crippen LogP contribution in [0.5, 0.6) is 0 Å². The number of aliphatic hydroxyl groups is 1. The average Bonchev–Trinajstić information content (AvgIpc) is 2.35. The van der Waals surface area contributed by atoms with Crippen molar-refractivity contribution in [2.45, 2.75) is 17.8 Å². The van der Waals surface area contributed by atoms with Crippen molar-refractivity contribution in [2.75, 3.05) is 32.9 Å². The summed E-state index contributed by atoms with van der Waals surface area (Å²) < 4.78 is 76.7. The zero-order valence-electron chi connectivity index (χ0n) is 9.71. The third-order valence-corrected chi connectivity index (χ3v) is 3.40.